The highest BCUT2D eigenvalue weighted by atomic mass is 16.1. The molecule has 0 aliphatic rings. The first-order chi connectivity index (χ1) is 6.24. The maximum Gasteiger partial charge on any atom is 0.193 e. The van der Waals surface area contributed by atoms with Crippen molar-refractivity contribution in [2.75, 3.05) is 0 Å². The second-order valence-electron chi connectivity index (χ2n) is 2.41. The van der Waals surface area contributed by atoms with E-state index in [1.54, 1.807) is 6.07 Å². The number of aromatic nitrogens is 1. The highest BCUT2D eigenvalue weighted by molar-refractivity contribution is 5.94. The Morgan fingerprint density at radius 3 is 2.92 bits per heavy atom. The van der Waals surface area contributed by atoms with E-state index in [1.165, 1.54) is 19.3 Å². The minimum atomic E-state index is -0.0674. The van der Waals surface area contributed by atoms with E-state index < -0.39 is 0 Å². The lowest BCUT2D eigenvalue weighted by molar-refractivity contribution is -0.103. The van der Waals surface area contributed by atoms with Gasteiger partial charge in [-0.1, -0.05) is 5.92 Å². The number of rotatable bonds is 1. The Balaban J connectivity index is 3.05. The largest absolute Gasteiger partial charge is 0.294 e. The molecule has 0 spiro atoms. The maximum atomic E-state index is 10.9. The predicted octanol–water partition coefficient (Wildman–Crippen LogP) is 0.835. The molecule has 0 aliphatic heterocycles. The molecular weight excluding hydrogens is 166 g/mol. The first-order valence-corrected chi connectivity index (χ1v) is 3.65. The minimum Gasteiger partial charge on any atom is -0.294 e. The standard InChI is InChI=1S/C10H7NO2/c1-8(13)10-5-9(3-2-4-12)6-11-7-10/h4-7H,1H3. The maximum absolute atomic E-state index is 10.9. The van der Waals surface area contributed by atoms with E-state index in [0.717, 1.165) is 0 Å². The molecule has 3 heteroatoms. The van der Waals surface area contributed by atoms with E-state index in [-0.39, 0.29) is 5.78 Å². The number of Topliss-reactive ketones (excluding diaryl/α,β-unsaturated/α-hetero) is 1. The molecule has 0 N–H and O–H groups in total. The fraction of sp³-hybridized carbons (Fsp3) is 0.100. The molecule has 64 valence electrons. The van der Waals surface area contributed by atoms with Crippen molar-refractivity contribution in [2.45, 2.75) is 6.92 Å². The lowest BCUT2D eigenvalue weighted by Crippen LogP contribution is -1.93. The van der Waals surface area contributed by atoms with Crippen molar-refractivity contribution >= 4 is 12.1 Å². The molecule has 0 saturated carbocycles. The predicted molar refractivity (Wildman–Crippen MR) is 47.2 cm³/mol. The summed E-state index contributed by atoms with van der Waals surface area (Å²) in [7, 11) is 0. The molecule has 13 heavy (non-hydrogen) atoms. The summed E-state index contributed by atoms with van der Waals surface area (Å²) in [6, 6.07) is 1.60. The fourth-order valence-electron chi connectivity index (χ4n) is 0.814. The normalized spacial score (nSPS) is 8.38. The van der Waals surface area contributed by atoms with Gasteiger partial charge in [0.1, 0.15) is 0 Å². The van der Waals surface area contributed by atoms with Crippen molar-refractivity contribution in [3.05, 3.63) is 29.6 Å². The molecular formula is C10H7NO2. The van der Waals surface area contributed by atoms with Gasteiger partial charge < -0.3 is 0 Å². The first-order valence-electron chi connectivity index (χ1n) is 3.65. The van der Waals surface area contributed by atoms with Crippen molar-refractivity contribution in [1.29, 1.82) is 0 Å². The van der Waals surface area contributed by atoms with Crippen LogP contribution in [-0.4, -0.2) is 17.1 Å². The van der Waals surface area contributed by atoms with E-state index in [2.05, 4.69) is 16.8 Å². The average molecular weight is 173 g/mol. The molecule has 0 bridgehead atoms. The molecule has 0 aromatic carbocycles. The van der Waals surface area contributed by atoms with Gasteiger partial charge in [0.15, 0.2) is 12.1 Å². The number of nitrogens with zero attached hydrogens (tertiary/aromatic N) is 1. The van der Waals surface area contributed by atoms with Crippen LogP contribution in [-0.2, 0) is 4.79 Å². The van der Waals surface area contributed by atoms with Crippen molar-refractivity contribution in [3.8, 4) is 11.8 Å². The first kappa shape index (κ1) is 9.14. The SMILES string of the molecule is CC(=O)c1cncc(C#CC=O)c1. The molecule has 0 saturated heterocycles. The monoisotopic (exact) mass is 173 g/mol. The van der Waals surface area contributed by atoms with Crippen LogP contribution in [0.3, 0.4) is 0 Å². The van der Waals surface area contributed by atoms with Crippen molar-refractivity contribution in [1.82, 2.24) is 4.98 Å². The summed E-state index contributed by atoms with van der Waals surface area (Å²) in [6.45, 7) is 1.45. The Bertz CT molecular complexity index is 399. The number of hydrogen-bond acceptors (Lipinski definition) is 3. The van der Waals surface area contributed by atoms with Gasteiger partial charge in [0.25, 0.3) is 0 Å². The summed E-state index contributed by atoms with van der Waals surface area (Å²) in [5.74, 6) is 4.74. The van der Waals surface area contributed by atoms with Crippen LogP contribution in [0.4, 0.5) is 0 Å². The summed E-state index contributed by atoms with van der Waals surface area (Å²) in [6.07, 6.45) is 3.47. The summed E-state index contributed by atoms with van der Waals surface area (Å²) < 4.78 is 0. The summed E-state index contributed by atoms with van der Waals surface area (Å²) in [5.41, 5.74) is 1.07. The molecule has 1 heterocycles. The number of pyridine rings is 1. The van der Waals surface area contributed by atoms with Crippen molar-refractivity contribution in [3.63, 3.8) is 0 Å². The molecule has 0 fully saturated rings. The van der Waals surface area contributed by atoms with Gasteiger partial charge in [-0.15, -0.1) is 0 Å². The van der Waals surface area contributed by atoms with Crippen LogP contribution in [0.25, 0.3) is 0 Å². The summed E-state index contributed by atoms with van der Waals surface area (Å²) >= 11 is 0. The van der Waals surface area contributed by atoms with Gasteiger partial charge in [-0.25, -0.2) is 0 Å². The number of aldehydes is 1. The molecule has 0 unspecified atom stereocenters. The molecule has 1 rings (SSSR count). The zero-order chi connectivity index (χ0) is 9.68. The van der Waals surface area contributed by atoms with Gasteiger partial charge in [-0.2, -0.15) is 0 Å². The topological polar surface area (TPSA) is 47.0 Å². The number of carbonyl (C=O) groups excluding carboxylic acids is 2. The molecule has 0 amide bonds. The number of carbonyl (C=O) groups is 2. The lowest BCUT2D eigenvalue weighted by atomic mass is 10.1. The third-order valence-corrected chi connectivity index (χ3v) is 1.42. The summed E-state index contributed by atoms with van der Waals surface area (Å²) in [5, 5.41) is 0. The van der Waals surface area contributed by atoms with Gasteiger partial charge in [-0.3, -0.25) is 14.6 Å². The van der Waals surface area contributed by atoms with Crippen LogP contribution >= 0.6 is 0 Å². The second kappa shape index (κ2) is 4.17. The number of hydrogen-bond donors (Lipinski definition) is 0. The van der Waals surface area contributed by atoms with Crippen LogP contribution in [0.2, 0.25) is 0 Å². The van der Waals surface area contributed by atoms with Crippen LogP contribution in [0.15, 0.2) is 18.5 Å². The van der Waals surface area contributed by atoms with Gasteiger partial charge in [0.2, 0.25) is 0 Å². The Hall–Kier alpha value is -1.95. The zero-order valence-electron chi connectivity index (χ0n) is 7.07. The molecule has 0 atom stereocenters. The minimum absolute atomic E-state index is 0.0674. The Morgan fingerprint density at radius 1 is 1.54 bits per heavy atom. The van der Waals surface area contributed by atoms with E-state index in [9.17, 15) is 9.59 Å². The molecule has 3 nitrogen and oxygen atoms in total. The van der Waals surface area contributed by atoms with E-state index in [1.807, 2.05) is 0 Å². The quantitative estimate of drug-likeness (QED) is 0.359. The van der Waals surface area contributed by atoms with Crippen LogP contribution < -0.4 is 0 Å². The highest BCUT2D eigenvalue weighted by Gasteiger charge is 1.98. The molecule has 1 aromatic rings. The third-order valence-electron chi connectivity index (χ3n) is 1.42. The molecule has 0 radical (unpaired) electrons. The van der Waals surface area contributed by atoms with E-state index >= 15 is 0 Å². The van der Waals surface area contributed by atoms with E-state index in [4.69, 9.17) is 0 Å². The molecule has 1 aromatic heterocycles. The zero-order valence-corrected chi connectivity index (χ0v) is 7.07. The Kier molecular flexibility index (Phi) is 2.93. The van der Waals surface area contributed by atoms with Gasteiger partial charge in [0.05, 0.1) is 0 Å². The van der Waals surface area contributed by atoms with Crippen LogP contribution in [0, 0.1) is 11.8 Å². The van der Waals surface area contributed by atoms with Crippen molar-refractivity contribution < 1.29 is 9.59 Å². The second-order valence-corrected chi connectivity index (χ2v) is 2.41. The lowest BCUT2D eigenvalue weighted by Gasteiger charge is -1.93. The fourth-order valence-corrected chi connectivity index (χ4v) is 0.814. The van der Waals surface area contributed by atoms with Crippen molar-refractivity contribution in [2.24, 2.45) is 0 Å². The smallest absolute Gasteiger partial charge is 0.193 e. The number of ketones is 1. The highest BCUT2D eigenvalue weighted by Crippen LogP contribution is 2.01. The van der Waals surface area contributed by atoms with Gasteiger partial charge in [0, 0.05) is 23.5 Å². The summed E-state index contributed by atoms with van der Waals surface area (Å²) in [4.78, 5) is 24.7. The molecule has 0 aliphatic carbocycles. The van der Waals surface area contributed by atoms with Gasteiger partial charge >= 0.3 is 0 Å². The van der Waals surface area contributed by atoms with E-state index in [0.29, 0.717) is 17.4 Å². The Morgan fingerprint density at radius 2 is 2.31 bits per heavy atom. The van der Waals surface area contributed by atoms with Crippen LogP contribution in [0.5, 0.6) is 0 Å². The Labute approximate surface area is 75.8 Å². The third kappa shape index (κ3) is 2.53. The van der Waals surface area contributed by atoms with Crippen LogP contribution in [0.1, 0.15) is 22.8 Å². The van der Waals surface area contributed by atoms with Gasteiger partial charge in [-0.05, 0) is 18.9 Å². The average Bonchev–Trinajstić information content (AvgIpc) is 2.15.